The molecule has 0 saturated carbocycles. The van der Waals surface area contributed by atoms with Crippen molar-refractivity contribution in [3.8, 4) is 11.5 Å². The molecule has 22 heavy (non-hydrogen) atoms. The molecule has 0 fully saturated rings. The molecule has 2 N–H and O–H groups in total. The molecule has 0 unspecified atom stereocenters. The van der Waals surface area contributed by atoms with Gasteiger partial charge in [-0.15, -0.1) is 0 Å². The number of ketones is 2. The molecule has 0 aliphatic rings. The van der Waals surface area contributed by atoms with Gasteiger partial charge in [0.15, 0.2) is 0 Å². The molecular weight excluding hydrogens is 280 g/mol. The first-order chi connectivity index (χ1) is 10.4. The Bertz CT molecular complexity index is 668. The Kier molecular flexibility index (Phi) is 4.61. The zero-order valence-electron chi connectivity index (χ0n) is 12.6. The summed E-state index contributed by atoms with van der Waals surface area (Å²) in [6, 6.07) is 8.88. The molecule has 2 aromatic carbocycles. The van der Waals surface area contributed by atoms with E-state index in [2.05, 4.69) is 0 Å². The van der Waals surface area contributed by atoms with Gasteiger partial charge in [-0.2, -0.15) is 0 Å². The predicted molar refractivity (Wildman–Crippen MR) is 83.6 cm³/mol. The summed E-state index contributed by atoms with van der Waals surface area (Å²) in [4.78, 5) is 24.7. The number of rotatable bonds is 5. The van der Waals surface area contributed by atoms with Crippen molar-refractivity contribution in [1.29, 1.82) is 0 Å². The Balaban J connectivity index is 2.39. The van der Waals surface area contributed by atoms with Crippen LogP contribution in [0.5, 0.6) is 11.5 Å². The van der Waals surface area contributed by atoms with E-state index in [1.54, 1.807) is 24.3 Å². The maximum Gasteiger partial charge on any atom is 0.233 e. The first-order valence-electron chi connectivity index (χ1n) is 7.19. The van der Waals surface area contributed by atoms with E-state index < -0.39 is 11.6 Å². The van der Waals surface area contributed by atoms with Crippen molar-refractivity contribution < 1.29 is 19.8 Å². The lowest BCUT2D eigenvalue weighted by atomic mass is 9.97. The van der Waals surface area contributed by atoms with Gasteiger partial charge >= 0.3 is 0 Å². The van der Waals surface area contributed by atoms with Gasteiger partial charge in [0.2, 0.25) is 11.6 Å². The van der Waals surface area contributed by atoms with E-state index in [9.17, 15) is 19.8 Å². The Morgan fingerprint density at radius 2 is 1.09 bits per heavy atom. The fraction of sp³-hybridized carbons (Fsp3) is 0.222. The minimum atomic E-state index is -0.696. The molecule has 0 radical (unpaired) electrons. The lowest BCUT2D eigenvalue weighted by molar-refractivity contribution is 0.0816. The number of carbonyl (C=O) groups is 2. The van der Waals surface area contributed by atoms with Gasteiger partial charge in [-0.3, -0.25) is 9.59 Å². The van der Waals surface area contributed by atoms with Crippen LogP contribution >= 0.6 is 0 Å². The number of aromatic hydroxyl groups is 2. The van der Waals surface area contributed by atoms with Gasteiger partial charge in [0.25, 0.3) is 0 Å². The summed E-state index contributed by atoms with van der Waals surface area (Å²) >= 11 is 0. The van der Waals surface area contributed by atoms with E-state index in [1.165, 1.54) is 12.1 Å². The second-order valence-electron chi connectivity index (χ2n) is 5.14. The van der Waals surface area contributed by atoms with Crippen LogP contribution in [0.25, 0.3) is 0 Å². The smallest absolute Gasteiger partial charge is 0.233 e. The molecule has 0 atom stereocenters. The maximum atomic E-state index is 12.3. The summed E-state index contributed by atoms with van der Waals surface area (Å²) in [5.41, 5.74) is 1.87. The third-order valence-corrected chi connectivity index (χ3v) is 3.50. The second-order valence-corrected chi connectivity index (χ2v) is 5.14. The first-order valence-corrected chi connectivity index (χ1v) is 7.19. The zero-order valence-corrected chi connectivity index (χ0v) is 12.6. The summed E-state index contributed by atoms with van der Waals surface area (Å²) in [7, 11) is 0. The fourth-order valence-corrected chi connectivity index (χ4v) is 2.28. The highest BCUT2D eigenvalue weighted by Gasteiger charge is 2.20. The molecule has 0 amide bonds. The van der Waals surface area contributed by atoms with Gasteiger partial charge in [0.1, 0.15) is 11.5 Å². The van der Waals surface area contributed by atoms with E-state index in [0.29, 0.717) is 12.8 Å². The molecule has 0 bridgehead atoms. The van der Waals surface area contributed by atoms with Crippen LogP contribution < -0.4 is 0 Å². The number of phenolic OH excluding ortho intramolecular Hbond substituents is 2. The highest BCUT2D eigenvalue weighted by atomic mass is 16.3. The molecule has 0 aliphatic carbocycles. The standard InChI is InChI=1S/C18H18O4/c1-3-11-5-13(9-15(19)7-11)17(21)18(22)14-6-12(4-2)8-16(20)10-14/h5-10,19-20H,3-4H2,1-2H3. The van der Waals surface area contributed by atoms with Crippen molar-refractivity contribution in [2.75, 3.05) is 0 Å². The Morgan fingerprint density at radius 1 is 0.727 bits per heavy atom. The van der Waals surface area contributed by atoms with Crippen LogP contribution in [-0.2, 0) is 12.8 Å². The lowest BCUT2D eigenvalue weighted by Gasteiger charge is -2.06. The quantitative estimate of drug-likeness (QED) is 0.656. The number of Topliss-reactive ketones (excluding diaryl/α,β-unsaturated/α-hetero) is 2. The highest BCUT2D eigenvalue weighted by molar-refractivity contribution is 6.49. The normalized spacial score (nSPS) is 10.5. The average Bonchev–Trinajstić information content (AvgIpc) is 2.52. The van der Waals surface area contributed by atoms with E-state index in [0.717, 1.165) is 11.1 Å². The van der Waals surface area contributed by atoms with Crippen LogP contribution in [0.1, 0.15) is 45.7 Å². The zero-order chi connectivity index (χ0) is 16.3. The van der Waals surface area contributed by atoms with Crippen molar-refractivity contribution in [3.05, 3.63) is 58.7 Å². The molecule has 2 aromatic rings. The number of benzene rings is 2. The maximum absolute atomic E-state index is 12.3. The SMILES string of the molecule is CCc1cc(O)cc(C(=O)C(=O)c2cc(O)cc(CC)c2)c1. The summed E-state index contributed by atoms with van der Waals surface area (Å²) in [5, 5.41) is 19.3. The number of hydrogen-bond donors (Lipinski definition) is 2. The summed E-state index contributed by atoms with van der Waals surface area (Å²) < 4.78 is 0. The first kappa shape index (κ1) is 15.8. The topological polar surface area (TPSA) is 74.6 Å². The molecule has 4 heteroatoms. The number of phenols is 2. The minimum Gasteiger partial charge on any atom is -0.508 e. The Morgan fingerprint density at radius 3 is 1.41 bits per heavy atom. The molecule has 114 valence electrons. The average molecular weight is 298 g/mol. The van der Waals surface area contributed by atoms with Crippen LogP contribution in [0, 0.1) is 0 Å². The number of hydrogen-bond acceptors (Lipinski definition) is 4. The number of carbonyl (C=O) groups excluding carboxylic acids is 2. The summed E-state index contributed by atoms with van der Waals surface area (Å²) in [6.07, 6.45) is 1.30. The van der Waals surface area contributed by atoms with Crippen LogP contribution in [0.15, 0.2) is 36.4 Å². The third-order valence-electron chi connectivity index (χ3n) is 3.50. The summed E-state index contributed by atoms with van der Waals surface area (Å²) in [6.45, 7) is 3.79. The van der Waals surface area contributed by atoms with Crippen molar-refractivity contribution in [2.45, 2.75) is 26.7 Å². The molecule has 0 saturated heterocycles. The Hall–Kier alpha value is -2.62. The molecular formula is C18H18O4. The minimum absolute atomic E-state index is 0.0411. The van der Waals surface area contributed by atoms with Gasteiger partial charge in [-0.25, -0.2) is 0 Å². The second kappa shape index (κ2) is 6.43. The van der Waals surface area contributed by atoms with E-state index in [1.807, 2.05) is 13.8 Å². The summed E-state index contributed by atoms with van der Waals surface area (Å²) in [5.74, 6) is -1.47. The van der Waals surface area contributed by atoms with Gasteiger partial charge in [-0.05, 0) is 60.4 Å². The monoisotopic (exact) mass is 298 g/mol. The van der Waals surface area contributed by atoms with Crippen LogP contribution in [0.4, 0.5) is 0 Å². The lowest BCUT2D eigenvalue weighted by Crippen LogP contribution is -2.15. The van der Waals surface area contributed by atoms with Gasteiger partial charge in [0.05, 0.1) is 0 Å². The van der Waals surface area contributed by atoms with Gasteiger partial charge < -0.3 is 10.2 Å². The molecule has 4 nitrogen and oxygen atoms in total. The van der Waals surface area contributed by atoms with Crippen molar-refractivity contribution in [3.63, 3.8) is 0 Å². The van der Waals surface area contributed by atoms with E-state index >= 15 is 0 Å². The predicted octanol–water partition coefficient (Wildman–Crippen LogP) is 3.29. The molecule has 0 heterocycles. The fourth-order valence-electron chi connectivity index (χ4n) is 2.28. The largest absolute Gasteiger partial charge is 0.508 e. The van der Waals surface area contributed by atoms with Crippen molar-refractivity contribution >= 4 is 11.6 Å². The molecule has 0 spiro atoms. The molecule has 0 aliphatic heterocycles. The highest BCUT2D eigenvalue weighted by Crippen LogP contribution is 2.21. The van der Waals surface area contributed by atoms with E-state index in [4.69, 9.17) is 0 Å². The van der Waals surface area contributed by atoms with Gasteiger partial charge in [0, 0.05) is 11.1 Å². The Labute approximate surface area is 129 Å². The molecule has 2 rings (SSSR count). The van der Waals surface area contributed by atoms with Crippen LogP contribution in [0.3, 0.4) is 0 Å². The van der Waals surface area contributed by atoms with E-state index in [-0.39, 0.29) is 22.6 Å². The van der Waals surface area contributed by atoms with Crippen molar-refractivity contribution in [1.82, 2.24) is 0 Å². The number of aryl methyl sites for hydroxylation is 2. The van der Waals surface area contributed by atoms with Gasteiger partial charge in [-0.1, -0.05) is 13.8 Å². The van der Waals surface area contributed by atoms with Crippen molar-refractivity contribution in [2.24, 2.45) is 0 Å². The third kappa shape index (κ3) is 3.34. The van der Waals surface area contributed by atoms with Crippen LogP contribution in [-0.4, -0.2) is 21.8 Å². The molecule has 0 aromatic heterocycles. The van der Waals surface area contributed by atoms with Crippen LogP contribution in [0.2, 0.25) is 0 Å².